The number of amides is 1. The maximum absolute atomic E-state index is 12.2. The van der Waals surface area contributed by atoms with E-state index < -0.39 is 22.0 Å². The number of fused-ring (bicyclic) bond motifs is 1. The van der Waals surface area contributed by atoms with Crippen LogP contribution in [0.3, 0.4) is 0 Å². The van der Waals surface area contributed by atoms with Gasteiger partial charge in [0.15, 0.2) is 0 Å². The average Bonchev–Trinajstić information content (AvgIpc) is 2.91. The number of aryl methyl sites for hydroxylation is 1. The molecule has 1 amide bonds. The van der Waals surface area contributed by atoms with Crippen LogP contribution < -0.4 is 10.0 Å². The van der Waals surface area contributed by atoms with E-state index in [0.717, 1.165) is 16.8 Å². The number of hydrogen-bond donors (Lipinski definition) is 2. The number of anilines is 1. The second-order valence-electron chi connectivity index (χ2n) is 5.34. The molecule has 3 rings (SSSR count). The van der Waals surface area contributed by atoms with E-state index in [1.165, 1.54) is 12.1 Å². The van der Waals surface area contributed by atoms with E-state index in [1.807, 2.05) is 31.2 Å². The normalized spacial score (nSPS) is 16.7. The highest BCUT2D eigenvalue weighted by atomic mass is 32.2. The topological polar surface area (TPSA) is 75.3 Å². The summed E-state index contributed by atoms with van der Waals surface area (Å²) in [6, 6.07) is 13.4. The fraction of sp³-hybridized carbons (Fsp3) is 0.188. The quantitative estimate of drug-likeness (QED) is 0.906. The SMILES string of the molecule is Cc1ccc(S(=O)(=O)NC(=O)[C@@H]2Cc3ccccc3N2)cc1. The Morgan fingerprint density at radius 2 is 1.82 bits per heavy atom. The third-order valence-electron chi connectivity index (χ3n) is 3.65. The summed E-state index contributed by atoms with van der Waals surface area (Å²) in [5.41, 5.74) is 2.84. The zero-order valence-electron chi connectivity index (χ0n) is 12.0. The maximum atomic E-state index is 12.2. The van der Waals surface area contributed by atoms with E-state index in [0.29, 0.717) is 6.42 Å². The first-order valence-electron chi connectivity index (χ1n) is 6.93. The number of para-hydroxylation sites is 1. The zero-order chi connectivity index (χ0) is 15.7. The Morgan fingerprint density at radius 1 is 1.14 bits per heavy atom. The molecule has 1 aliphatic heterocycles. The molecular weight excluding hydrogens is 300 g/mol. The molecule has 0 fully saturated rings. The summed E-state index contributed by atoms with van der Waals surface area (Å²) in [5.74, 6) is -0.545. The standard InChI is InChI=1S/C16H16N2O3S/c1-11-6-8-13(9-7-11)22(20,21)18-16(19)15-10-12-4-2-3-5-14(12)17-15/h2-9,15,17H,10H2,1H3,(H,18,19)/t15-/m0/s1. The number of nitrogens with one attached hydrogen (secondary N) is 2. The van der Waals surface area contributed by atoms with Crippen molar-refractivity contribution in [1.29, 1.82) is 0 Å². The summed E-state index contributed by atoms with van der Waals surface area (Å²) >= 11 is 0. The van der Waals surface area contributed by atoms with E-state index >= 15 is 0 Å². The van der Waals surface area contributed by atoms with Gasteiger partial charge < -0.3 is 5.32 Å². The van der Waals surface area contributed by atoms with Crippen LogP contribution in [0.1, 0.15) is 11.1 Å². The third kappa shape index (κ3) is 2.82. The van der Waals surface area contributed by atoms with Crippen LogP contribution in [-0.2, 0) is 21.2 Å². The van der Waals surface area contributed by atoms with E-state index in [4.69, 9.17) is 0 Å². The molecule has 0 aromatic heterocycles. The van der Waals surface area contributed by atoms with Gasteiger partial charge in [-0.3, -0.25) is 4.79 Å². The minimum atomic E-state index is -3.84. The first-order valence-corrected chi connectivity index (χ1v) is 8.42. The fourth-order valence-corrected chi connectivity index (χ4v) is 3.46. The van der Waals surface area contributed by atoms with Gasteiger partial charge in [0.05, 0.1) is 4.90 Å². The van der Waals surface area contributed by atoms with Crippen LogP contribution in [0, 0.1) is 6.92 Å². The van der Waals surface area contributed by atoms with Crippen LogP contribution >= 0.6 is 0 Å². The van der Waals surface area contributed by atoms with Crippen molar-refractivity contribution in [3.63, 3.8) is 0 Å². The van der Waals surface area contributed by atoms with E-state index in [2.05, 4.69) is 10.0 Å². The van der Waals surface area contributed by atoms with Crippen LogP contribution in [0.5, 0.6) is 0 Å². The van der Waals surface area contributed by atoms with E-state index in [-0.39, 0.29) is 4.90 Å². The van der Waals surface area contributed by atoms with E-state index in [1.54, 1.807) is 12.1 Å². The Morgan fingerprint density at radius 3 is 2.50 bits per heavy atom. The Labute approximate surface area is 129 Å². The molecular formula is C16H16N2O3S. The molecule has 2 aromatic carbocycles. The highest BCUT2D eigenvalue weighted by Crippen LogP contribution is 2.25. The summed E-state index contributed by atoms with van der Waals surface area (Å²) in [6.45, 7) is 1.87. The summed E-state index contributed by atoms with van der Waals surface area (Å²) < 4.78 is 26.6. The third-order valence-corrected chi connectivity index (χ3v) is 5.02. The smallest absolute Gasteiger partial charge is 0.264 e. The highest BCUT2D eigenvalue weighted by Gasteiger charge is 2.29. The lowest BCUT2D eigenvalue weighted by Gasteiger charge is -2.12. The van der Waals surface area contributed by atoms with Gasteiger partial charge in [-0.15, -0.1) is 0 Å². The molecule has 0 radical (unpaired) electrons. The summed E-state index contributed by atoms with van der Waals surface area (Å²) in [6.07, 6.45) is 0.478. The summed E-state index contributed by atoms with van der Waals surface area (Å²) in [7, 11) is -3.84. The largest absolute Gasteiger partial charge is 0.373 e. The number of benzene rings is 2. The van der Waals surface area contributed by atoms with Gasteiger partial charge in [-0.1, -0.05) is 35.9 Å². The van der Waals surface area contributed by atoms with Gasteiger partial charge in [0.25, 0.3) is 15.9 Å². The van der Waals surface area contributed by atoms with Crippen molar-refractivity contribution < 1.29 is 13.2 Å². The Hall–Kier alpha value is -2.34. The lowest BCUT2D eigenvalue weighted by molar-refractivity contribution is -0.119. The fourth-order valence-electron chi connectivity index (χ4n) is 2.44. The lowest BCUT2D eigenvalue weighted by atomic mass is 10.1. The number of sulfonamides is 1. The molecule has 5 nitrogen and oxygen atoms in total. The van der Waals surface area contributed by atoms with Gasteiger partial charge in [0, 0.05) is 12.1 Å². The molecule has 0 saturated carbocycles. The van der Waals surface area contributed by atoms with Crippen molar-refractivity contribution in [2.24, 2.45) is 0 Å². The minimum absolute atomic E-state index is 0.0851. The first kappa shape index (κ1) is 14.6. The minimum Gasteiger partial charge on any atom is -0.373 e. The Kier molecular flexibility index (Phi) is 3.62. The van der Waals surface area contributed by atoms with Gasteiger partial charge >= 0.3 is 0 Å². The van der Waals surface area contributed by atoms with Crippen molar-refractivity contribution in [3.05, 3.63) is 59.7 Å². The second-order valence-corrected chi connectivity index (χ2v) is 7.02. The average molecular weight is 316 g/mol. The zero-order valence-corrected chi connectivity index (χ0v) is 12.9. The molecule has 0 saturated heterocycles. The Bertz CT molecular complexity index is 789. The lowest BCUT2D eigenvalue weighted by Crippen LogP contribution is -2.41. The second kappa shape index (κ2) is 5.46. The number of carbonyl (C=O) groups is 1. The molecule has 1 aliphatic rings. The molecule has 0 aliphatic carbocycles. The molecule has 6 heteroatoms. The molecule has 1 heterocycles. The van der Waals surface area contributed by atoms with Crippen LogP contribution in [0.4, 0.5) is 5.69 Å². The van der Waals surface area contributed by atoms with Gasteiger partial charge in [-0.25, -0.2) is 13.1 Å². The summed E-state index contributed by atoms with van der Waals surface area (Å²) in [5, 5.41) is 3.04. The molecule has 22 heavy (non-hydrogen) atoms. The Balaban J connectivity index is 1.74. The predicted octanol–water partition coefficient (Wildman–Crippen LogP) is 1.84. The van der Waals surface area contributed by atoms with Crippen molar-refractivity contribution in [3.8, 4) is 0 Å². The number of rotatable bonds is 3. The van der Waals surface area contributed by atoms with Gasteiger partial charge in [0.2, 0.25) is 0 Å². The molecule has 114 valence electrons. The van der Waals surface area contributed by atoms with Crippen molar-refractivity contribution >= 4 is 21.6 Å². The first-order chi connectivity index (χ1) is 10.5. The van der Waals surface area contributed by atoms with Gasteiger partial charge in [-0.2, -0.15) is 0 Å². The van der Waals surface area contributed by atoms with E-state index in [9.17, 15) is 13.2 Å². The summed E-state index contributed by atoms with van der Waals surface area (Å²) in [4.78, 5) is 12.3. The number of hydrogen-bond acceptors (Lipinski definition) is 4. The monoisotopic (exact) mass is 316 g/mol. The van der Waals surface area contributed by atoms with Crippen molar-refractivity contribution in [2.75, 3.05) is 5.32 Å². The van der Waals surface area contributed by atoms with Gasteiger partial charge in [-0.05, 0) is 30.7 Å². The highest BCUT2D eigenvalue weighted by molar-refractivity contribution is 7.90. The van der Waals surface area contributed by atoms with Crippen molar-refractivity contribution in [1.82, 2.24) is 4.72 Å². The molecule has 0 bridgehead atoms. The molecule has 1 atom stereocenters. The van der Waals surface area contributed by atoms with Crippen LogP contribution in [0.2, 0.25) is 0 Å². The van der Waals surface area contributed by atoms with Crippen LogP contribution in [-0.4, -0.2) is 20.4 Å². The van der Waals surface area contributed by atoms with Crippen LogP contribution in [0.25, 0.3) is 0 Å². The molecule has 2 aromatic rings. The van der Waals surface area contributed by atoms with Gasteiger partial charge in [0.1, 0.15) is 6.04 Å². The number of carbonyl (C=O) groups excluding carboxylic acids is 1. The maximum Gasteiger partial charge on any atom is 0.264 e. The molecule has 0 spiro atoms. The van der Waals surface area contributed by atoms with Crippen LogP contribution in [0.15, 0.2) is 53.4 Å². The van der Waals surface area contributed by atoms with Crippen molar-refractivity contribution in [2.45, 2.75) is 24.3 Å². The molecule has 0 unspecified atom stereocenters. The predicted molar refractivity (Wildman–Crippen MR) is 84.1 cm³/mol. The molecule has 2 N–H and O–H groups in total.